The summed E-state index contributed by atoms with van der Waals surface area (Å²) >= 11 is 0. The molecule has 686 valence electrons. The summed E-state index contributed by atoms with van der Waals surface area (Å²) in [6, 6.07) is 30.3. The number of nitrogens with two attached hydrogens (primary N) is 3. The van der Waals surface area contributed by atoms with E-state index in [1.54, 1.807) is 180 Å². The van der Waals surface area contributed by atoms with Crippen LogP contribution < -0.4 is 65.1 Å². The zero-order valence-corrected chi connectivity index (χ0v) is 74.6. The van der Waals surface area contributed by atoms with Gasteiger partial charge in [-0.2, -0.15) is 0 Å². The number of carboxylic acid groups (broad SMARTS) is 1. The van der Waals surface area contributed by atoms with Gasteiger partial charge in [-0.25, -0.2) is 0 Å². The molecule has 0 aliphatic heterocycles. The van der Waals surface area contributed by atoms with Crippen LogP contribution in [0.2, 0.25) is 0 Å². The molecule has 0 aliphatic carbocycles. The summed E-state index contributed by atoms with van der Waals surface area (Å²) in [7, 11) is 16.6. The molecule has 37 nitrogen and oxygen atoms in total. The van der Waals surface area contributed by atoms with Gasteiger partial charge < -0.3 is 105 Å². The second kappa shape index (κ2) is 63.5. The average molecular weight is 1730 g/mol. The van der Waals surface area contributed by atoms with Crippen molar-refractivity contribution in [3.63, 3.8) is 0 Å². The molecule has 0 heterocycles. The largest absolute Gasteiger partial charge is 0.480 e. The lowest BCUT2D eigenvalue weighted by atomic mass is 9.99. The number of carboxylic acids is 1. The summed E-state index contributed by atoms with van der Waals surface area (Å²) in [5.74, 6) is -10.1. The van der Waals surface area contributed by atoms with E-state index in [2.05, 4.69) is 47.9 Å². The molecule has 19 N–H and O–H groups in total. The Morgan fingerprint density at radius 3 is 0.829 bits per heavy atom. The molecule has 0 saturated carbocycles. The van der Waals surface area contributed by atoms with Gasteiger partial charge in [0.05, 0.1) is 32.2 Å². The van der Waals surface area contributed by atoms with Crippen LogP contribution in [0.15, 0.2) is 121 Å². The van der Waals surface area contributed by atoms with Crippen LogP contribution in [0.25, 0.3) is 0 Å². The molecule has 0 bridgehead atoms. The van der Waals surface area contributed by atoms with E-state index in [0.29, 0.717) is 61.0 Å². The zero-order chi connectivity index (χ0) is 94.2. The highest BCUT2D eigenvalue weighted by Gasteiger charge is 2.32. The maximum Gasteiger partial charge on any atom is 0.322 e. The Balaban J connectivity index is 0. The fourth-order valence-electron chi connectivity index (χ4n) is 10.7. The number of aliphatic hydroxyl groups is 3. The number of aliphatic hydroxyl groups excluding tert-OH is 3. The number of aliphatic carboxylic acids is 1. The summed E-state index contributed by atoms with van der Waals surface area (Å²) in [5.41, 5.74) is 18.9. The smallest absolute Gasteiger partial charge is 0.322 e. The maximum atomic E-state index is 12.4. The van der Waals surface area contributed by atoms with Crippen molar-refractivity contribution in [3.8, 4) is 0 Å². The van der Waals surface area contributed by atoms with Crippen molar-refractivity contribution < 1.29 is 97.1 Å². The first kappa shape index (κ1) is 114. The first-order chi connectivity index (χ1) is 57.8. The Morgan fingerprint density at radius 2 is 0.585 bits per heavy atom. The van der Waals surface area contributed by atoms with E-state index in [0.717, 1.165) is 32.1 Å². The predicted octanol–water partition coefficient (Wildman–Crippen LogP) is 0.629. The molecule has 0 saturated heterocycles. The fraction of sp³-hybridized carbons (Fsp3) is 0.535. The third-order valence-electron chi connectivity index (χ3n) is 17.9. The van der Waals surface area contributed by atoms with Crippen molar-refractivity contribution in [1.29, 1.82) is 0 Å². The van der Waals surface area contributed by atoms with Gasteiger partial charge in [0.15, 0.2) is 0 Å². The van der Waals surface area contributed by atoms with Crippen LogP contribution >= 0.6 is 0 Å². The molecule has 0 aliphatic rings. The number of likely N-dealkylation sites (N-methyl/N-ethyl adjacent to an activating group) is 4. The van der Waals surface area contributed by atoms with Crippen molar-refractivity contribution in [3.05, 3.63) is 144 Å². The van der Waals surface area contributed by atoms with Crippen molar-refractivity contribution in [2.24, 2.45) is 35.0 Å². The Morgan fingerprint density at radius 1 is 0.341 bits per heavy atom. The van der Waals surface area contributed by atoms with Gasteiger partial charge in [-0.1, -0.05) is 209 Å². The molecule has 4 aromatic rings. The summed E-state index contributed by atoms with van der Waals surface area (Å²) in [5, 5.41) is 59.4. The van der Waals surface area contributed by atoms with Gasteiger partial charge in [-0.15, -0.1) is 0 Å². The molecule has 37 heteroatoms. The highest BCUT2D eigenvalue weighted by Crippen LogP contribution is 2.20. The minimum Gasteiger partial charge on any atom is -0.480 e. The molecule has 0 radical (unpaired) electrons. The summed E-state index contributed by atoms with van der Waals surface area (Å²) in [4.78, 5) is 198. The number of Topliss-reactive ketones (excluding diaryl/α,β-unsaturated/α-hetero) is 2. The third kappa shape index (κ3) is 46.9. The average Bonchev–Trinajstić information content (AvgIpc) is 0.863. The van der Waals surface area contributed by atoms with Gasteiger partial charge in [0, 0.05) is 75.0 Å². The number of benzene rings is 4. The minimum absolute atomic E-state index is 0.145. The van der Waals surface area contributed by atoms with Gasteiger partial charge in [0.25, 0.3) is 17.7 Å². The van der Waals surface area contributed by atoms with E-state index in [-0.39, 0.29) is 61.0 Å². The first-order valence-electron chi connectivity index (χ1n) is 40.7. The van der Waals surface area contributed by atoms with Gasteiger partial charge in [0.2, 0.25) is 70.6 Å². The molecule has 123 heavy (non-hydrogen) atoms. The van der Waals surface area contributed by atoms with Gasteiger partial charge in [-0.05, 0) is 80.3 Å². The van der Waals surface area contributed by atoms with E-state index in [1.165, 1.54) is 19.6 Å². The van der Waals surface area contributed by atoms with Crippen molar-refractivity contribution in [2.75, 3.05) is 110 Å². The van der Waals surface area contributed by atoms with Crippen molar-refractivity contribution >= 4 is 94.3 Å². The third-order valence-corrected chi connectivity index (χ3v) is 17.9. The van der Waals surface area contributed by atoms with Gasteiger partial charge in [0.1, 0.15) is 49.0 Å². The summed E-state index contributed by atoms with van der Waals surface area (Å²) in [6.45, 7) is 13.6. The minimum atomic E-state index is -1.38. The predicted molar refractivity (Wildman–Crippen MR) is 466 cm³/mol. The molecule has 12 unspecified atom stereocenters. The van der Waals surface area contributed by atoms with Crippen molar-refractivity contribution in [2.45, 2.75) is 174 Å². The Kier molecular flexibility index (Phi) is 58.6. The van der Waals surface area contributed by atoms with E-state index in [4.69, 9.17) is 22.3 Å². The number of ketones is 2. The Labute approximate surface area is 723 Å². The van der Waals surface area contributed by atoms with E-state index < -0.39 is 138 Å². The Bertz CT molecular complexity index is 3660. The molecule has 4 aromatic carbocycles. The quantitative estimate of drug-likeness (QED) is 0.0213. The van der Waals surface area contributed by atoms with Gasteiger partial charge in [-0.3, -0.25) is 81.6 Å². The molecule has 0 aromatic heterocycles. The number of rotatable bonds is 43. The van der Waals surface area contributed by atoms with Crippen LogP contribution in [0.4, 0.5) is 0 Å². The summed E-state index contributed by atoms with van der Waals surface area (Å²) in [6.07, 6.45) is 3.25. The second-order valence-corrected chi connectivity index (χ2v) is 29.9. The number of hydrogen-bond acceptors (Lipinski definition) is 23. The molecular weight excluding hydrogens is 1590 g/mol. The molecular formula is C86H137N17O20. The lowest BCUT2D eigenvalue weighted by molar-refractivity contribution is -0.140. The van der Waals surface area contributed by atoms with E-state index >= 15 is 0 Å². The SMILES string of the molecule is CCCC(C)C(=O)C(=O)NCC(=O)NC(C(=O)N(C)C)c1ccccc1.CCCC(C)C(O)C(=O)NCC(=O)NC(C(=O)N(C)C)c1ccccc1.CCCC(C)C(O)C(=O)NCC(=O)O.CCCC(N)C(=O)C(=O)NCC(=O)NC(C(=O)N(C)C)c1ccccc1.CCCC(N)C(O)C(=O)NCC(=O)NC(C(=O)N(C)C)c1ccccc1.CN(C)CN. The van der Waals surface area contributed by atoms with Crippen LogP contribution in [0.5, 0.6) is 0 Å². The van der Waals surface area contributed by atoms with Crippen LogP contribution in [0.3, 0.4) is 0 Å². The lowest BCUT2D eigenvalue weighted by Crippen LogP contribution is -2.49. The molecule has 4 rings (SSSR count). The zero-order valence-electron chi connectivity index (χ0n) is 74.6. The molecule has 0 fully saturated rings. The number of carbonyl (C=O) groups excluding carboxylic acids is 15. The van der Waals surface area contributed by atoms with Crippen LogP contribution in [0, 0.1) is 17.8 Å². The maximum absolute atomic E-state index is 12.4. The first-order valence-corrected chi connectivity index (χ1v) is 40.7. The number of amides is 13. The number of nitrogens with one attached hydrogen (secondary N) is 9. The highest BCUT2D eigenvalue weighted by atomic mass is 16.4. The molecule has 12 atom stereocenters. The highest BCUT2D eigenvalue weighted by molar-refractivity contribution is 6.38. The molecule has 0 spiro atoms. The van der Waals surface area contributed by atoms with Gasteiger partial charge >= 0.3 is 5.97 Å². The van der Waals surface area contributed by atoms with Crippen LogP contribution in [-0.4, -0.2) is 280 Å². The topological polar surface area (TPSA) is 557 Å². The number of hydrogen-bond donors (Lipinski definition) is 16. The monoisotopic (exact) mass is 1730 g/mol. The second-order valence-electron chi connectivity index (χ2n) is 29.9. The van der Waals surface area contributed by atoms with E-state index in [9.17, 15) is 92.0 Å². The van der Waals surface area contributed by atoms with Crippen LogP contribution in [0.1, 0.15) is 166 Å². The normalized spacial score (nSPS) is 13.3. The molecule has 13 amide bonds. The van der Waals surface area contributed by atoms with Crippen molar-refractivity contribution in [1.82, 2.24) is 72.4 Å². The number of carbonyl (C=O) groups is 16. The van der Waals surface area contributed by atoms with Crippen LogP contribution in [-0.2, 0) is 76.7 Å². The van der Waals surface area contributed by atoms with E-state index in [1.807, 2.05) is 71.8 Å². The number of nitrogens with zero attached hydrogens (tertiary/aromatic N) is 5. The fourth-order valence-corrected chi connectivity index (χ4v) is 10.7. The lowest BCUT2D eigenvalue weighted by Gasteiger charge is -2.22. The standard InChI is InChI=1S/C19H29N3O4.C19H27N3O4.C18H28N4O4.C18H26N4O4.C9H17NO4.C3H10N2/c2*1-5-9-13(2)17(24)18(25)20-12-15(23)21-16(19(26)22(3)4)14-10-7-6-8-11-14;2*1-4-8-13(19)16(24)17(25)20-11-14(23)21-15(18(26)22(2)3)12-9-6-5-7-10-12;1-3-4-6(2)8(13)9(14)10-5-7(11)12;1-5(2)3-4/h6-8,10-11,13,16-17,24H,5,9,12H2,1-4H3,(H,20,25)(H,21,23);6-8,10-11,13,16H,5,9,12H2,1-4H3,(H,20,25)(H,21,23);5-7,9-10,13,15-16,24H,4,8,11,19H2,1-3H3,(H,20,25)(H,21,23);5-7,9-10,13,15H,4,8,11,19H2,1-3H3,(H,20,25)(H,21,23);6,8,13H,3-5H2,1-2H3,(H,10,14)(H,11,12);3-4H2,1-2H3. The Hall–Kier alpha value is -11.5. The summed E-state index contributed by atoms with van der Waals surface area (Å²) < 4.78 is 0.